The van der Waals surface area contributed by atoms with Crippen LogP contribution in [0.4, 0.5) is 0 Å². The number of rotatable bonds is 2. The Balaban J connectivity index is 2.33. The predicted molar refractivity (Wildman–Crippen MR) is 66.7 cm³/mol. The fourth-order valence-corrected chi connectivity index (χ4v) is 2.36. The predicted octanol–water partition coefficient (Wildman–Crippen LogP) is 2.35. The Morgan fingerprint density at radius 3 is 2.56 bits per heavy atom. The highest BCUT2D eigenvalue weighted by Gasteiger charge is 2.36. The van der Waals surface area contributed by atoms with Crippen molar-refractivity contribution in [1.29, 1.82) is 0 Å². The van der Waals surface area contributed by atoms with E-state index >= 15 is 0 Å². The van der Waals surface area contributed by atoms with Crippen molar-refractivity contribution in [3.05, 3.63) is 22.8 Å². The molecule has 1 aliphatic heterocycles. The van der Waals surface area contributed by atoms with E-state index in [2.05, 4.69) is 0 Å². The van der Waals surface area contributed by atoms with E-state index in [0.717, 1.165) is 0 Å². The number of cyclic esters (lactones) is 1. The molecule has 98 valence electrons. The molecule has 0 aliphatic carbocycles. The molecule has 1 aliphatic rings. The summed E-state index contributed by atoms with van der Waals surface area (Å²) in [6.07, 6.45) is 1.46. The van der Waals surface area contributed by atoms with E-state index in [1.165, 1.54) is 0 Å². The number of esters is 1. The topological polar surface area (TPSA) is 66.8 Å². The van der Waals surface area contributed by atoms with Crippen LogP contribution in [0.5, 0.6) is 11.5 Å². The minimum atomic E-state index is -0.581. The average Bonchev–Trinajstić information content (AvgIpc) is 2.63. The van der Waals surface area contributed by atoms with Gasteiger partial charge in [-0.25, -0.2) is 0 Å². The monoisotopic (exact) mass is 250 g/mol. The lowest BCUT2D eigenvalue weighted by atomic mass is 9.91. The summed E-state index contributed by atoms with van der Waals surface area (Å²) in [5, 5.41) is 19.9. The van der Waals surface area contributed by atoms with Gasteiger partial charge in [0, 0.05) is 18.4 Å². The molecule has 1 aromatic rings. The van der Waals surface area contributed by atoms with Crippen molar-refractivity contribution < 1.29 is 19.7 Å². The van der Waals surface area contributed by atoms with Crippen LogP contribution in [0.3, 0.4) is 0 Å². The van der Waals surface area contributed by atoms with Gasteiger partial charge in [0.05, 0.1) is 0 Å². The van der Waals surface area contributed by atoms with E-state index < -0.39 is 5.60 Å². The zero-order valence-corrected chi connectivity index (χ0v) is 10.9. The Bertz CT molecular complexity index is 507. The van der Waals surface area contributed by atoms with Crippen LogP contribution in [0.1, 0.15) is 36.5 Å². The lowest BCUT2D eigenvalue weighted by molar-refractivity contribution is -0.147. The van der Waals surface area contributed by atoms with Crippen molar-refractivity contribution in [1.82, 2.24) is 0 Å². The second kappa shape index (κ2) is 4.19. The Labute approximate surface area is 106 Å². The van der Waals surface area contributed by atoms with Gasteiger partial charge in [0.15, 0.2) is 0 Å². The Morgan fingerprint density at radius 2 is 2.00 bits per heavy atom. The zero-order chi connectivity index (χ0) is 13.5. The molecule has 18 heavy (non-hydrogen) atoms. The molecule has 0 amide bonds. The second-order valence-corrected chi connectivity index (χ2v) is 5.25. The molecule has 0 bridgehead atoms. The summed E-state index contributed by atoms with van der Waals surface area (Å²) < 4.78 is 5.29. The molecule has 4 heteroatoms. The van der Waals surface area contributed by atoms with Gasteiger partial charge in [0.25, 0.3) is 0 Å². The molecule has 0 radical (unpaired) electrons. The van der Waals surface area contributed by atoms with Crippen molar-refractivity contribution in [2.45, 2.75) is 45.6 Å². The first-order chi connectivity index (χ1) is 8.32. The first kappa shape index (κ1) is 12.7. The van der Waals surface area contributed by atoms with Crippen LogP contribution in [0.2, 0.25) is 0 Å². The number of phenolic OH excluding ortho intramolecular Hbond substituents is 2. The molecule has 0 saturated carbocycles. The molecule has 1 heterocycles. The lowest BCUT2D eigenvalue weighted by Gasteiger charge is -2.24. The highest BCUT2D eigenvalue weighted by atomic mass is 16.6. The highest BCUT2D eigenvalue weighted by molar-refractivity contribution is 5.72. The smallest absolute Gasteiger partial charge is 0.306 e. The minimum Gasteiger partial charge on any atom is -0.508 e. The maximum Gasteiger partial charge on any atom is 0.306 e. The summed E-state index contributed by atoms with van der Waals surface area (Å²) >= 11 is 0. The van der Waals surface area contributed by atoms with E-state index in [1.807, 2.05) is 6.92 Å². The van der Waals surface area contributed by atoms with Gasteiger partial charge < -0.3 is 14.9 Å². The standard InChI is InChI=1S/C14H18O4/c1-8-9(2)13(17)10(6-11(8)15)7-14(3)5-4-12(16)18-14/h6,15,17H,4-5,7H2,1-3H3/t14-/m1/s1. The number of ether oxygens (including phenoxy) is 1. The molecule has 1 aromatic carbocycles. The highest BCUT2D eigenvalue weighted by Crippen LogP contribution is 2.37. The summed E-state index contributed by atoms with van der Waals surface area (Å²) in [6.45, 7) is 5.37. The summed E-state index contributed by atoms with van der Waals surface area (Å²) in [5.41, 5.74) is 1.37. The number of aromatic hydroxyl groups is 2. The third-order valence-electron chi connectivity index (χ3n) is 3.70. The first-order valence-electron chi connectivity index (χ1n) is 6.05. The Morgan fingerprint density at radius 1 is 1.33 bits per heavy atom. The van der Waals surface area contributed by atoms with Crippen LogP contribution in [-0.2, 0) is 16.0 Å². The van der Waals surface area contributed by atoms with E-state index in [0.29, 0.717) is 36.0 Å². The number of benzene rings is 1. The molecule has 1 saturated heterocycles. The van der Waals surface area contributed by atoms with Crippen LogP contribution >= 0.6 is 0 Å². The summed E-state index contributed by atoms with van der Waals surface area (Å²) in [6, 6.07) is 1.55. The Kier molecular flexibility index (Phi) is 2.97. The average molecular weight is 250 g/mol. The molecule has 0 spiro atoms. The van der Waals surface area contributed by atoms with Gasteiger partial charge in [-0.05, 0) is 44.4 Å². The molecule has 0 unspecified atom stereocenters. The van der Waals surface area contributed by atoms with Gasteiger partial charge in [-0.3, -0.25) is 4.79 Å². The molecule has 2 N–H and O–H groups in total. The molecule has 1 atom stereocenters. The number of carbonyl (C=O) groups excluding carboxylic acids is 1. The maximum absolute atomic E-state index is 11.2. The second-order valence-electron chi connectivity index (χ2n) is 5.25. The zero-order valence-electron chi connectivity index (χ0n) is 10.9. The van der Waals surface area contributed by atoms with Gasteiger partial charge >= 0.3 is 5.97 Å². The molecular weight excluding hydrogens is 232 g/mol. The van der Waals surface area contributed by atoms with Crippen LogP contribution in [0.15, 0.2) is 6.07 Å². The maximum atomic E-state index is 11.2. The van der Waals surface area contributed by atoms with Gasteiger partial charge in [-0.1, -0.05) is 0 Å². The fraction of sp³-hybridized carbons (Fsp3) is 0.500. The van der Waals surface area contributed by atoms with Gasteiger partial charge in [0.1, 0.15) is 17.1 Å². The largest absolute Gasteiger partial charge is 0.508 e. The van der Waals surface area contributed by atoms with Gasteiger partial charge in [-0.15, -0.1) is 0 Å². The lowest BCUT2D eigenvalue weighted by Crippen LogP contribution is -2.27. The first-order valence-corrected chi connectivity index (χ1v) is 6.05. The number of hydrogen-bond acceptors (Lipinski definition) is 4. The minimum absolute atomic E-state index is 0.160. The van der Waals surface area contributed by atoms with Crippen molar-refractivity contribution in [3.63, 3.8) is 0 Å². The van der Waals surface area contributed by atoms with Crippen LogP contribution in [0, 0.1) is 13.8 Å². The normalized spacial score (nSPS) is 23.2. The quantitative estimate of drug-likeness (QED) is 0.624. The van der Waals surface area contributed by atoms with Crippen molar-refractivity contribution in [3.8, 4) is 11.5 Å². The molecule has 0 aromatic heterocycles. The van der Waals surface area contributed by atoms with Crippen molar-refractivity contribution in [2.75, 3.05) is 0 Å². The number of hydrogen-bond donors (Lipinski definition) is 2. The van der Waals surface area contributed by atoms with E-state index in [9.17, 15) is 15.0 Å². The summed E-state index contributed by atoms with van der Waals surface area (Å²) in [4.78, 5) is 11.2. The number of phenols is 2. The molecular formula is C14H18O4. The Hall–Kier alpha value is -1.71. The SMILES string of the molecule is Cc1c(O)cc(C[C@@]2(C)CCC(=O)O2)c(O)c1C. The van der Waals surface area contributed by atoms with Gasteiger partial charge in [0.2, 0.25) is 0 Å². The van der Waals surface area contributed by atoms with Gasteiger partial charge in [-0.2, -0.15) is 0 Å². The molecule has 1 fully saturated rings. The van der Waals surface area contributed by atoms with Crippen LogP contribution in [-0.4, -0.2) is 21.8 Å². The third kappa shape index (κ3) is 2.15. The summed E-state index contributed by atoms with van der Waals surface area (Å²) in [7, 11) is 0. The molecule has 2 rings (SSSR count). The van der Waals surface area contributed by atoms with E-state index in [-0.39, 0.29) is 17.5 Å². The number of carbonyl (C=O) groups is 1. The van der Waals surface area contributed by atoms with Crippen molar-refractivity contribution >= 4 is 5.97 Å². The fourth-order valence-electron chi connectivity index (χ4n) is 2.36. The molecule has 4 nitrogen and oxygen atoms in total. The van der Waals surface area contributed by atoms with Crippen LogP contribution < -0.4 is 0 Å². The summed E-state index contributed by atoms with van der Waals surface area (Å²) in [5.74, 6) is 0.132. The van der Waals surface area contributed by atoms with E-state index in [1.54, 1.807) is 19.9 Å². The van der Waals surface area contributed by atoms with Crippen molar-refractivity contribution in [2.24, 2.45) is 0 Å². The third-order valence-corrected chi connectivity index (χ3v) is 3.70. The van der Waals surface area contributed by atoms with E-state index in [4.69, 9.17) is 4.74 Å². The van der Waals surface area contributed by atoms with Crippen LogP contribution in [0.25, 0.3) is 0 Å².